The lowest BCUT2D eigenvalue weighted by molar-refractivity contribution is -0.136. The number of nitrogens with zero attached hydrogens (tertiary/aromatic N) is 3. The number of anilines is 1. The number of aromatic nitrogens is 2. The van der Waals surface area contributed by atoms with Crippen LogP contribution in [0.15, 0.2) is 24.5 Å². The third kappa shape index (κ3) is 2.81. The third-order valence-corrected chi connectivity index (χ3v) is 5.05. The third-order valence-electron chi connectivity index (χ3n) is 5.05. The summed E-state index contributed by atoms with van der Waals surface area (Å²) in [5.74, 6) is 1.23. The molecule has 2 unspecified atom stereocenters. The maximum atomic E-state index is 13.2. The van der Waals surface area contributed by atoms with Gasteiger partial charge in [-0.2, -0.15) is 13.2 Å². The molecule has 0 spiro atoms. The SMILES string of the molecule is NC1CC(C2CC2)CN(c2ccc(C(F)(F)F)c3nccnc23)C1. The van der Waals surface area contributed by atoms with Crippen LogP contribution in [0, 0.1) is 11.8 Å². The molecule has 2 aliphatic rings. The average molecular weight is 336 g/mol. The normalized spacial score (nSPS) is 25.2. The highest BCUT2D eigenvalue weighted by Crippen LogP contribution is 2.43. The van der Waals surface area contributed by atoms with E-state index in [0.29, 0.717) is 29.6 Å². The van der Waals surface area contributed by atoms with Crippen molar-refractivity contribution in [2.45, 2.75) is 31.5 Å². The van der Waals surface area contributed by atoms with Crippen molar-refractivity contribution < 1.29 is 13.2 Å². The van der Waals surface area contributed by atoms with E-state index in [2.05, 4.69) is 14.9 Å². The van der Waals surface area contributed by atoms with Crippen LogP contribution in [0.3, 0.4) is 0 Å². The highest BCUT2D eigenvalue weighted by Gasteiger charge is 2.38. The molecule has 128 valence electrons. The summed E-state index contributed by atoms with van der Waals surface area (Å²) in [6, 6.07) is 2.67. The number of rotatable bonds is 2. The Kier molecular flexibility index (Phi) is 3.63. The molecule has 1 aliphatic carbocycles. The predicted octanol–water partition coefficient (Wildman–Crippen LogP) is 3.21. The Bertz CT molecular complexity index is 757. The molecule has 2 heterocycles. The highest BCUT2D eigenvalue weighted by atomic mass is 19.4. The van der Waals surface area contributed by atoms with Crippen molar-refractivity contribution in [2.24, 2.45) is 17.6 Å². The molecule has 0 radical (unpaired) electrons. The first-order valence-corrected chi connectivity index (χ1v) is 8.25. The zero-order valence-corrected chi connectivity index (χ0v) is 13.1. The van der Waals surface area contributed by atoms with Crippen LogP contribution < -0.4 is 10.6 Å². The summed E-state index contributed by atoms with van der Waals surface area (Å²) in [4.78, 5) is 10.2. The van der Waals surface area contributed by atoms with E-state index in [-0.39, 0.29) is 11.6 Å². The van der Waals surface area contributed by atoms with E-state index in [4.69, 9.17) is 5.73 Å². The first kappa shape index (κ1) is 15.6. The van der Waals surface area contributed by atoms with E-state index in [0.717, 1.165) is 19.0 Å². The van der Waals surface area contributed by atoms with Crippen LogP contribution in [0.4, 0.5) is 18.9 Å². The van der Waals surface area contributed by atoms with Gasteiger partial charge in [0, 0.05) is 31.5 Å². The Morgan fingerprint density at radius 3 is 2.38 bits per heavy atom. The van der Waals surface area contributed by atoms with Crippen molar-refractivity contribution in [1.82, 2.24) is 9.97 Å². The molecule has 4 rings (SSSR count). The predicted molar refractivity (Wildman–Crippen MR) is 85.6 cm³/mol. The van der Waals surface area contributed by atoms with Crippen molar-refractivity contribution in [3.05, 3.63) is 30.1 Å². The Hall–Kier alpha value is -1.89. The summed E-state index contributed by atoms with van der Waals surface area (Å²) in [6.45, 7) is 1.47. The summed E-state index contributed by atoms with van der Waals surface area (Å²) in [6.07, 6.45) is 1.76. The van der Waals surface area contributed by atoms with Gasteiger partial charge in [-0.25, -0.2) is 0 Å². The van der Waals surface area contributed by atoms with E-state index < -0.39 is 11.7 Å². The second-order valence-electron chi connectivity index (χ2n) is 6.88. The summed E-state index contributed by atoms with van der Waals surface area (Å²) < 4.78 is 39.7. The number of hydrogen-bond donors (Lipinski definition) is 1. The molecule has 1 aromatic carbocycles. The van der Waals surface area contributed by atoms with Gasteiger partial charge in [0.1, 0.15) is 11.0 Å². The van der Waals surface area contributed by atoms with Crippen molar-refractivity contribution in [1.29, 1.82) is 0 Å². The topological polar surface area (TPSA) is 55.0 Å². The van der Waals surface area contributed by atoms with Crippen LogP contribution in [0.2, 0.25) is 0 Å². The smallest absolute Gasteiger partial charge is 0.368 e. The molecule has 1 saturated heterocycles. The Balaban J connectivity index is 1.76. The van der Waals surface area contributed by atoms with Gasteiger partial charge >= 0.3 is 6.18 Å². The second kappa shape index (κ2) is 5.58. The molecule has 2 aromatic rings. The zero-order chi connectivity index (χ0) is 16.9. The maximum absolute atomic E-state index is 13.2. The van der Waals surface area contributed by atoms with E-state index in [1.165, 1.54) is 31.3 Å². The van der Waals surface area contributed by atoms with Crippen molar-refractivity contribution in [2.75, 3.05) is 18.0 Å². The van der Waals surface area contributed by atoms with Crippen LogP contribution in [-0.2, 0) is 6.18 Å². The Morgan fingerprint density at radius 1 is 1.00 bits per heavy atom. The van der Waals surface area contributed by atoms with Gasteiger partial charge in [-0.1, -0.05) is 0 Å². The molecule has 2 atom stereocenters. The molecule has 2 N–H and O–H groups in total. The standard InChI is InChI=1S/C17H19F3N4/c18-17(19,20)13-3-4-14(16-15(13)22-5-6-23-16)24-8-11(10-1-2-10)7-12(21)9-24/h3-6,10-12H,1-2,7-9,21H2. The fraction of sp³-hybridized carbons (Fsp3) is 0.529. The van der Waals surface area contributed by atoms with Gasteiger partial charge in [-0.05, 0) is 43.2 Å². The van der Waals surface area contributed by atoms with Gasteiger partial charge in [0.25, 0.3) is 0 Å². The van der Waals surface area contributed by atoms with Crippen molar-refractivity contribution >= 4 is 16.7 Å². The van der Waals surface area contributed by atoms with Crippen LogP contribution in [-0.4, -0.2) is 29.1 Å². The molecule has 1 saturated carbocycles. The Morgan fingerprint density at radius 2 is 1.71 bits per heavy atom. The largest absolute Gasteiger partial charge is 0.418 e. The molecule has 24 heavy (non-hydrogen) atoms. The number of alkyl halides is 3. The Labute approximate surface area is 137 Å². The quantitative estimate of drug-likeness (QED) is 0.915. The molecule has 4 nitrogen and oxygen atoms in total. The number of halogens is 3. The van der Waals surface area contributed by atoms with Gasteiger partial charge < -0.3 is 10.6 Å². The molecule has 0 amide bonds. The molecule has 7 heteroatoms. The zero-order valence-electron chi connectivity index (χ0n) is 13.1. The summed E-state index contributed by atoms with van der Waals surface area (Å²) in [7, 11) is 0. The molecular formula is C17H19F3N4. The second-order valence-corrected chi connectivity index (χ2v) is 6.88. The molecule has 2 fully saturated rings. The van der Waals surface area contributed by atoms with Gasteiger partial charge in [-0.15, -0.1) is 0 Å². The summed E-state index contributed by atoms with van der Waals surface area (Å²) in [5.41, 5.74) is 6.37. The minimum absolute atomic E-state index is 0.0402. The van der Waals surface area contributed by atoms with Crippen LogP contribution in [0.5, 0.6) is 0 Å². The first-order valence-electron chi connectivity index (χ1n) is 8.25. The van der Waals surface area contributed by atoms with Gasteiger partial charge in [0.2, 0.25) is 0 Å². The van der Waals surface area contributed by atoms with Crippen LogP contribution in [0.1, 0.15) is 24.8 Å². The summed E-state index contributed by atoms with van der Waals surface area (Å²) in [5, 5.41) is 0. The fourth-order valence-electron chi connectivity index (χ4n) is 3.81. The van der Waals surface area contributed by atoms with Crippen molar-refractivity contribution in [3.8, 4) is 0 Å². The minimum atomic E-state index is -4.44. The molecule has 1 aliphatic heterocycles. The van der Waals surface area contributed by atoms with E-state index in [1.807, 2.05) is 0 Å². The summed E-state index contributed by atoms with van der Waals surface area (Å²) >= 11 is 0. The number of hydrogen-bond acceptors (Lipinski definition) is 4. The van der Waals surface area contributed by atoms with Gasteiger partial charge in [0.15, 0.2) is 0 Å². The lowest BCUT2D eigenvalue weighted by Gasteiger charge is -2.38. The average Bonchev–Trinajstić information content (AvgIpc) is 3.37. The number of piperidine rings is 1. The number of fused-ring (bicyclic) bond motifs is 1. The van der Waals surface area contributed by atoms with Gasteiger partial charge in [0.05, 0.1) is 11.3 Å². The molecular weight excluding hydrogens is 317 g/mol. The minimum Gasteiger partial charge on any atom is -0.368 e. The van der Waals surface area contributed by atoms with Crippen molar-refractivity contribution in [3.63, 3.8) is 0 Å². The molecule has 1 aromatic heterocycles. The van der Waals surface area contributed by atoms with E-state index in [9.17, 15) is 13.2 Å². The highest BCUT2D eigenvalue weighted by molar-refractivity contribution is 5.90. The lowest BCUT2D eigenvalue weighted by atomic mass is 9.90. The van der Waals surface area contributed by atoms with Gasteiger partial charge in [-0.3, -0.25) is 9.97 Å². The number of benzene rings is 1. The van der Waals surface area contributed by atoms with E-state index >= 15 is 0 Å². The lowest BCUT2D eigenvalue weighted by Crippen LogP contribution is -2.47. The van der Waals surface area contributed by atoms with Crippen LogP contribution >= 0.6 is 0 Å². The van der Waals surface area contributed by atoms with E-state index in [1.54, 1.807) is 0 Å². The maximum Gasteiger partial charge on any atom is 0.418 e. The fourth-order valence-corrected chi connectivity index (χ4v) is 3.81. The number of nitrogens with two attached hydrogens (primary N) is 1. The van der Waals surface area contributed by atoms with Crippen LogP contribution in [0.25, 0.3) is 11.0 Å². The monoisotopic (exact) mass is 336 g/mol. The molecule has 0 bridgehead atoms. The first-order chi connectivity index (χ1) is 11.4.